The molecule has 5 nitrogen and oxygen atoms in total. The first kappa shape index (κ1) is 20.3. The number of hydrogen-bond donors (Lipinski definition) is 1. The summed E-state index contributed by atoms with van der Waals surface area (Å²) in [5, 5.41) is 16.4. The number of likely N-dealkylation sites (N-methyl/N-ethyl adjacent to an activating group) is 1. The van der Waals surface area contributed by atoms with Crippen molar-refractivity contribution in [1.29, 1.82) is 0 Å². The number of likely N-dealkylation sites (tertiary alicyclic amines) is 1. The molecule has 0 amide bonds. The summed E-state index contributed by atoms with van der Waals surface area (Å²) in [5.74, 6) is -0.748. The average Bonchev–Trinajstić information content (AvgIpc) is 3.15. The maximum atomic E-state index is 10.9. The first-order chi connectivity index (χ1) is 11.6. The Morgan fingerprint density at radius 1 is 1.40 bits per heavy atom. The Morgan fingerprint density at radius 2 is 2.24 bits per heavy atom. The number of carbonyl (C=O) groups is 1. The van der Waals surface area contributed by atoms with E-state index in [1.807, 2.05) is 11.9 Å². The van der Waals surface area contributed by atoms with Crippen LogP contribution in [0, 0.1) is 0 Å². The van der Waals surface area contributed by atoms with Crippen LogP contribution in [0.3, 0.4) is 0 Å². The van der Waals surface area contributed by atoms with Crippen LogP contribution in [0.2, 0.25) is 0 Å². The number of nitrogens with zero attached hydrogens (tertiary/aromatic N) is 3. The fourth-order valence-electron chi connectivity index (χ4n) is 3.21. The molecule has 1 aliphatic heterocycles. The quantitative estimate of drug-likeness (QED) is 0.800. The number of rotatable bonds is 6. The van der Waals surface area contributed by atoms with Crippen LogP contribution >= 0.6 is 35.1 Å². The standard InChI is InChI=1S/C17H23N3O2S2.ClH/c1-19(10-16(21)22)15-3-2-6-20(7-4-15)9-14-12-24-17(18-14)13-5-8-23-11-13;/h5,8,11-12,15H,2-4,6-7,9-10H2,1H3,(H,21,22);1H. The van der Waals surface area contributed by atoms with E-state index in [9.17, 15) is 4.79 Å². The van der Waals surface area contributed by atoms with Gasteiger partial charge in [-0.2, -0.15) is 11.3 Å². The second kappa shape index (κ2) is 9.64. The molecule has 2 aromatic rings. The zero-order valence-electron chi connectivity index (χ0n) is 14.3. The number of aliphatic carboxylic acids is 1. The lowest BCUT2D eigenvalue weighted by molar-refractivity contribution is -0.138. The van der Waals surface area contributed by atoms with E-state index in [4.69, 9.17) is 10.1 Å². The van der Waals surface area contributed by atoms with Crippen LogP contribution in [0.1, 0.15) is 25.0 Å². The first-order valence-electron chi connectivity index (χ1n) is 8.23. The Bertz CT molecular complexity index is 663. The lowest BCUT2D eigenvalue weighted by Gasteiger charge is -2.25. The Hall–Kier alpha value is -0.990. The summed E-state index contributed by atoms with van der Waals surface area (Å²) >= 11 is 3.41. The van der Waals surface area contributed by atoms with Gasteiger partial charge in [-0.3, -0.25) is 14.6 Å². The van der Waals surface area contributed by atoms with Gasteiger partial charge >= 0.3 is 5.97 Å². The number of halogens is 1. The maximum Gasteiger partial charge on any atom is 0.317 e. The van der Waals surface area contributed by atoms with Crippen LogP contribution in [-0.4, -0.2) is 58.6 Å². The zero-order chi connectivity index (χ0) is 16.9. The van der Waals surface area contributed by atoms with Crippen molar-refractivity contribution in [3.63, 3.8) is 0 Å². The van der Waals surface area contributed by atoms with E-state index in [0.717, 1.165) is 49.6 Å². The largest absolute Gasteiger partial charge is 0.480 e. The van der Waals surface area contributed by atoms with Gasteiger partial charge in [0.05, 0.1) is 12.2 Å². The number of carboxylic acid groups (broad SMARTS) is 1. The molecule has 8 heteroatoms. The molecule has 25 heavy (non-hydrogen) atoms. The van der Waals surface area contributed by atoms with E-state index < -0.39 is 5.97 Å². The van der Waals surface area contributed by atoms with E-state index in [2.05, 4.69) is 27.1 Å². The van der Waals surface area contributed by atoms with E-state index in [0.29, 0.717) is 6.04 Å². The third-order valence-corrected chi connectivity index (χ3v) is 6.13. The van der Waals surface area contributed by atoms with Gasteiger partial charge in [0.2, 0.25) is 0 Å². The van der Waals surface area contributed by atoms with Crippen molar-refractivity contribution in [3.05, 3.63) is 27.9 Å². The maximum absolute atomic E-state index is 10.9. The Kier molecular flexibility index (Phi) is 7.83. The molecule has 2 aromatic heterocycles. The van der Waals surface area contributed by atoms with Crippen LogP contribution in [0.4, 0.5) is 0 Å². The molecule has 1 unspecified atom stereocenters. The molecular weight excluding hydrogens is 378 g/mol. The predicted molar refractivity (Wildman–Crippen MR) is 106 cm³/mol. The molecule has 138 valence electrons. The van der Waals surface area contributed by atoms with Gasteiger partial charge in [-0.25, -0.2) is 4.98 Å². The summed E-state index contributed by atoms with van der Waals surface area (Å²) in [6.45, 7) is 3.07. The van der Waals surface area contributed by atoms with Crippen molar-refractivity contribution in [3.8, 4) is 10.6 Å². The van der Waals surface area contributed by atoms with Crippen LogP contribution in [0.25, 0.3) is 10.6 Å². The highest BCUT2D eigenvalue weighted by Crippen LogP contribution is 2.26. The second-order valence-corrected chi connectivity index (χ2v) is 7.96. The van der Waals surface area contributed by atoms with Gasteiger partial charge in [0.15, 0.2) is 0 Å². The van der Waals surface area contributed by atoms with Gasteiger partial charge in [0, 0.05) is 35.5 Å². The molecule has 0 radical (unpaired) electrons. The third kappa shape index (κ3) is 5.76. The monoisotopic (exact) mass is 401 g/mol. The van der Waals surface area contributed by atoms with Crippen LogP contribution in [-0.2, 0) is 11.3 Å². The SMILES string of the molecule is CN(CC(=O)O)C1CCCN(Cc2csc(-c3ccsc3)n2)CC1.Cl. The van der Waals surface area contributed by atoms with Crippen molar-refractivity contribution in [2.75, 3.05) is 26.7 Å². The molecule has 3 heterocycles. The van der Waals surface area contributed by atoms with E-state index >= 15 is 0 Å². The minimum atomic E-state index is -0.748. The van der Waals surface area contributed by atoms with E-state index in [1.165, 1.54) is 5.56 Å². The summed E-state index contributed by atoms with van der Waals surface area (Å²) in [4.78, 5) is 20.1. The lowest BCUT2D eigenvalue weighted by Crippen LogP contribution is -2.36. The first-order valence-corrected chi connectivity index (χ1v) is 10.1. The molecule has 0 aromatic carbocycles. The molecule has 3 rings (SSSR count). The van der Waals surface area contributed by atoms with E-state index in [-0.39, 0.29) is 19.0 Å². The third-order valence-electron chi connectivity index (χ3n) is 4.50. The molecule has 1 N–H and O–H groups in total. The molecule has 0 aliphatic carbocycles. The summed E-state index contributed by atoms with van der Waals surface area (Å²) < 4.78 is 0. The normalized spacial score (nSPS) is 18.7. The Morgan fingerprint density at radius 3 is 2.96 bits per heavy atom. The van der Waals surface area contributed by atoms with Gasteiger partial charge in [-0.15, -0.1) is 23.7 Å². The molecule has 1 fully saturated rings. The van der Waals surface area contributed by atoms with Gasteiger partial charge in [-0.1, -0.05) is 0 Å². The van der Waals surface area contributed by atoms with Crippen LogP contribution in [0.15, 0.2) is 22.2 Å². The number of aromatic nitrogens is 1. The number of carboxylic acids is 1. The molecule has 1 aliphatic rings. The van der Waals surface area contributed by atoms with Crippen LogP contribution in [0.5, 0.6) is 0 Å². The molecule has 1 atom stereocenters. The highest BCUT2D eigenvalue weighted by molar-refractivity contribution is 7.14. The van der Waals surface area contributed by atoms with Crippen molar-refractivity contribution >= 4 is 41.0 Å². The lowest BCUT2D eigenvalue weighted by atomic mass is 10.1. The minimum Gasteiger partial charge on any atom is -0.480 e. The van der Waals surface area contributed by atoms with E-state index in [1.54, 1.807) is 22.7 Å². The van der Waals surface area contributed by atoms with Crippen LogP contribution < -0.4 is 0 Å². The zero-order valence-corrected chi connectivity index (χ0v) is 16.7. The predicted octanol–water partition coefficient (Wildman–Crippen LogP) is 3.66. The van der Waals surface area contributed by atoms with Gasteiger partial charge < -0.3 is 5.11 Å². The minimum absolute atomic E-state index is 0. The topological polar surface area (TPSA) is 56.7 Å². The highest BCUT2D eigenvalue weighted by Gasteiger charge is 2.22. The fraction of sp³-hybridized carbons (Fsp3) is 0.529. The van der Waals surface area contributed by atoms with Crippen molar-refractivity contribution in [2.45, 2.75) is 31.8 Å². The summed E-state index contributed by atoms with van der Waals surface area (Å²) in [5.41, 5.74) is 2.35. The number of thiophene rings is 1. The van der Waals surface area contributed by atoms with Crippen molar-refractivity contribution in [2.24, 2.45) is 0 Å². The molecule has 0 saturated carbocycles. The summed E-state index contributed by atoms with van der Waals surface area (Å²) in [6.07, 6.45) is 3.19. The highest BCUT2D eigenvalue weighted by atomic mass is 35.5. The molecular formula is C17H24ClN3O2S2. The fourth-order valence-corrected chi connectivity index (χ4v) is 4.73. The number of thiazole rings is 1. The van der Waals surface area contributed by atoms with Gasteiger partial charge in [0.1, 0.15) is 5.01 Å². The van der Waals surface area contributed by atoms with Crippen molar-refractivity contribution < 1.29 is 9.90 Å². The molecule has 0 bridgehead atoms. The Balaban J connectivity index is 0.00000225. The molecule has 0 spiro atoms. The second-order valence-electron chi connectivity index (χ2n) is 6.33. The average molecular weight is 402 g/mol. The molecule has 1 saturated heterocycles. The van der Waals surface area contributed by atoms with Crippen molar-refractivity contribution in [1.82, 2.24) is 14.8 Å². The summed E-state index contributed by atoms with van der Waals surface area (Å²) in [7, 11) is 1.92. The van der Waals surface area contributed by atoms with Gasteiger partial charge in [0.25, 0.3) is 0 Å². The van der Waals surface area contributed by atoms with Gasteiger partial charge in [-0.05, 0) is 44.3 Å². The number of hydrogen-bond acceptors (Lipinski definition) is 6. The smallest absolute Gasteiger partial charge is 0.317 e. The Labute approximate surface area is 162 Å². The summed E-state index contributed by atoms with van der Waals surface area (Å²) in [6, 6.07) is 2.48.